The normalized spacial score (nSPS) is 11.0. The summed E-state index contributed by atoms with van der Waals surface area (Å²) in [5, 5.41) is 12.3. The molecule has 9 nitrogen and oxygen atoms in total. The summed E-state index contributed by atoms with van der Waals surface area (Å²) in [5.74, 6) is 0. The van der Waals surface area contributed by atoms with Gasteiger partial charge in [-0.15, -0.1) is 0 Å². The number of thiazole rings is 1. The Bertz CT molecular complexity index is 813. The highest BCUT2D eigenvalue weighted by molar-refractivity contribution is 7.90. The first-order valence-electron chi connectivity index (χ1n) is 5.78. The maximum Gasteiger partial charge on any atom is 0.345 e. The minimum atomic E-state index is -4.02. The smallest absolute Gasteiger partial charge is 0.283 e. The van der Waals surface area contributed by atoms with Crippen LogP contribution < -0.4 is 10.0 Å². The van der Waals surface area contributed by atoms with Crippen molar-refractivity contribution in [2.75, 3.05) is 5.32 Å². The molecule has 116 valence electrons. The number of nitrogens with zero attached hydrogens (tertiary/aromatic N) is 2. The van der Waals surface area contributed by atoms with E-state index in [2.05, 4.69) is 10.3 Å². The molecule has 0 saturated heterocycles. The van der Waals surface area contributed by atoms with Gasteiger partial charge in [0, 0.05) is 0 Å². The van der Waals surface area contributed by atoms with Gasteiger partial charge in [0.25, 0.3) is 10.0 Å². The predicted molar refractivity (Wildman–Crippen MR) is 79.3 cm³/mol. The molecule has 1 aromatic carbocycles. The Morgan fingerprint density at radius 3 is 2.50 bits per heavy atom. The molecule has 1 aromatic heterocycles. The first-order chi connectivity index (χ1) is 10.3. The van der Waals surface area contributed by atoms with Crippen LogP contribution in [-0.2, 0) is 10.0 Å². The van der Waals surface area contributed by atoms with Gasteiger partial charge in [-0.05, 0) is 30.4 Å². The van der Waals surface area contributed by atoms with E-state index in [1.165, 1.54) is 12.1 Å². The van der Waals surface area contributed by atoms with Gasteiger partial charge in [0.05, 0.1) is 9.82 Å². The van der Waals surface area contributed by atoms with Crippen molar-refractivity contribution >= 4 is 37.5 Å². The number of hydrogen-bond acceptors (Lipinski definition) is 7. The topological polar surface area (TPSA) is 131 Å². The third-order valence-electron chi connectivity index (χ3n) is 2.45. The molecule has 0 fully saturated rings. The second-order valence-electron chi connectivity index (χ2n) is 4.13. The number of hydrogen-bond donors (Lipinski definition) is 2. The first kappa shape index (κ1) is 15.9. The molecule has 2 amide bonds. The molecule has 0 radical (unpaired) electrons. The molecule has 0 spiro atoms. The third-order valence-corrected chi connectivity index (χ3v) is 4.66. The van der Waals surface area contributed by atoms with Crippen LogP contribution in [0.2, 0.25) is 0 Å². The van der Waals surface area contributed by atoms with Crippen LogP contribution in [0.3, 0.4) is 0 Å². The predicted octanol–water partition coefficient (Wildman–Crippen LogP) is 1.87. The Labute approximate surface area is 129 Å². The SMILES string of the molecule is Cc1ccc(S(=O)(=O)NC(=O)Nc2ncc([N+](=O)[O-])s2)cc1. The second-order valence-corrected chi connectivity index (χ2v) is 6.82. The molecule has 11 heteroatoms. The number of anilines is 1. The molecule has 0 saturated carbocycles. The number of sulfonamides is 1. The Morgan fingerprint density at radius 1 is 1.32 bits per heavy atom. The number of rotatable bonds is 4. The summed E-state index contributed by atoms with van der Waals surface area (Å²) < 4.78 is 25.7. The average Bonchev–Trinajstić information content (AvgIpc) is 2.87. The van der Waals surface area contributed by atoms with Crippen molar-refractivity contribution in [1.29, 1.82) is 0 Å². The summed E-state index contributed by atoms with van der Waals surface area (Å²) in [6.07, 6.45) is 0.967. The first-order valence-corrected chi connectivity index (χ1v) is 8.08. The molecule has 0 atom stereocenters. The molecule has 0 aliphatic carbocycles. The van der Waals surface area contributed by atoms with Crippen molar-refractivity contribution in [3.05, 3.63) is 46.1 Å². The van der Waals surface area contributed by atoms with E-state index in [-0.39, 0.29) is 15.0 Å². The van der Waals surface area contributed by atoms with Gasteiger partial charge < -0.3 is 0 Å². The van der Waals surface area contributed by atoms with E-state index in [0.29, 0.717) is 11.3 Å². The van der Waals surface area contributed by atoms with E-state index < -0.39 is 21.0 Å². The molecule has 2 aromatic rings. The number of carbonyl (C=O) groups is 1. The minimum Gasteiger partial charge on any atom is -0.283 e. The van der Waals surface area contributed by atoms with Crippen LogP contribution in [-0.4, -0.2) is 24.4 Å². The van der Waals surface area contributed by atoms with Crippen LogP contribution in [0.5, 0.6) is 0 Å². The quantitative estimate of drug-likeness (QED) is 0.644. The Morgan fingerprint density at radius 2 is 1.95 bits per heavy atom. The fourth-order valence-corrected chi connectivity index (χ4v) is 2.96. The van der Waals surface area contributed by atoms with E-state index in [1.54, 1.807) is 23.8 Å². The van der Waals surface area contributed by atoms with Crippen molar-refractivity contribution in [1.82, 2.24) is 9.71 Å². The zero-order chi connectivity index (χ0) is 16.3. The Balaban J connectivity index is 2.07. The standard InChI is InChI=1S/C11H10N4O5S2/c1-7-2-4-8(5-3-7)22(19,20)14-10(16)13-11-12-6-9(21-11)15(17)18/h2-6H,1H3,(H2,12,13,14,16). The van der Waals surface area contributed by atoms with Crippen LogP contribution in [0, 0.1) is 17.0 Å². The van der Waals surface area contributed by atoms with Crippen LogP contribution in [0.15, 0.2) is 35.4 Å². The van der Waals surface area contributed by atoms with Gasteiger partial charge >= 0.3 is 11.0 Å². The van der Waals surface area contributed by atoms with Gasteiger partial charge in [-0.25, -0.2) is 22.9 Å². The molecule has 0 aliphatic heterocycles. The van der Waals surface area contributed by atoms with E-state index in [4.69, 9.17) is 0 Å². The highest BCUT2D eigenvalue weighted by atomic mass is 32.2. The number of carbonyl (C=O) groups excluding carboxylic acids is 1. The van der Waals surface area contributed by atoms with Crippen molar-refractivity contribution in [3.8, 4) is 0 Å². The Hall–Kier alpha value is -2.53. The van der Waals surface area contributed by atoms with Gasteiger partial charge in [0.1, 0.15) is 6.20 Å². The molecule has 1 heterocycles. The van der Waals surface area contributed by atoms with Crippen LogP contribution in [0.25, 0.3) is 0 Å². The Kier molecular flexibility index (Phi) is 4.37. The zero-order valence-corrected chi connectivity index (χ0v) is 12.8. The molecule has 0 bridgehead atoms. The molecule has 0 aliphatic rings. The van der Waals surface area contributed by atoms with Crippen molar-refractivity contribution in [2.45, 2.75) is 11.8 Å². The van der Waals surface area contributed by atoms with E-state index in [9.17, 15) is 23.3 Å². The van der Waals surface area contributed by atoms with E-state index >= 15 is 0 Å². The van der Waals surface area contributed by atoms with Crippen molar-refractivity contribution < 1.29 is 18.1 Å². The number of aromatic nitrogens is 1. The maximum absolute atomic E-state index is 12.0. The number of aryl methyl sites for hydroxylation is 1. The number of nitrogens with one attached hydrogen (secondary N) is 2. The molecule has 2 N–H and O–H groups in total. The van der Waals surface area contributed by atoms with Gasteiger partial charge in [0.2, 0.25) is 0 Å². The van der Waals surface area contributed by atoms with Gasteiger partial charge in [-0.2, -0.15) is 0 Å². The molecule has 2 rings (SSSR count). The second kappa shape index (κ2) is 6.07. The number of urea groups is 1. The highest BCUT2D eigenvalue weighted by Crippen LogP contribution is 2.24. The number of benzene rings is 1. The van der Waals surface area contributed by atoms with Gasteiger partial charge in [0.15, 0.2) is 5.13 Å². The molecular formula is C11H10N4O5S2. The number of nitro groups is 1. The average molecular weight is 342 g/mol. The lowest BCUT2D eigenvalue weighted by Gasteiger charge is -2.07. The lowest BCUT2D eigenvalue weighted by molar-refractivity contribution is -0.380. The summed E-state index contributed by atoms with van der Waals surface area (Å²) in [5.41, 5.74) is 0.874. The van der Waals surface area contributed by atoms with E-state index in [0.717, 1.165) is 11.8 Å². The lowest BCUT2D eigenvalue weighted by Crippen LogP contribution is -2.34. The summed E-state index contributed by atoms with van der Waals surface area (Å²) in [4.78, 5) is 25.0. The summed E-state index contributed by atoms with van der Waals surface area (Å²) in [7, 11) is -4.02. The molecule has 0 unspecified atom stereocenters. The fourth-order valence-electron chi connectivity index (χ4n) is 1.43. The summed E-state index contributed by atoms with van der Waals surface area (Å²) in [6.45, 7) is 1.80. The summed E-state index contributed by atoms with van der Waals surface area (Å²) >= 11 is 0.616. The number of amides is 2. The largest absolute Gasteiger partial charge is 0.345 e. The van der Waals surface area contributed by atoms with E-state index in [1.807, 2.05) is 0 Å². The molecule has 22 heavy (non-hydrogen) atoms. The van der Waals surface area contributed by atoms with Crippen LogP contribution in [0.1, 0.15) is 5.56 Å². The van der Waals surface area contributed by atoms with Crippen LogP contribution in [0.4, 0.5) is 14.9 Å². The maximum atomic E-state index is 12.0. The monoisotopic (exact) mass is 342 g/mol. The molecular weight excluding hydrogens is 332 g/mol. The van der Waals surface area contributed by atoms with Crippen LogP contribution >= 0.6 is 11.3 Å². The third kappa shape index (κ3) is 3.77. The zero-order valence-electron chi connectivity index (χ0n) is 11.1. The lowest BCUT2D eigenvalue weighted by atomic mass is 10.2. The van der Waals surface area contributed by atoms with Crippen molar-refractivity contribution in [3.63, 3.8) is 0 Å². The summed E-state index contributed by atoms with van der Waals surface area (Å²) in [6, 6.07) is 4.86. The minimum absolute atomic E-state index is 0.0710. The van der Waals surface area contributed by atoms with Crippen molar-refractivity contribution in [2.24, 2.45) is 0 Å². The highest BCUT2D eigenvalue weighted by Gasteiger charge is 2.19. The fraction of sp³-hybridized carbons (Fsp3) is 0.0909. The van der Waals surface area contributed by atoms with Gasteiger partial charge in [-0.3, -0.25) is 15.4 Å². The van der Waals surface area contributed by atoms with Gasteiger partial charge in [-0.1, -0.05) is 17.7 Å².